The summed E-state index contributed by atoms with van der Waals surface area (Å²) in [7, 11) is -14.5. The number of fused-ring (bicyclic) bond motifs is 8. The van der Waals surface area contributed by atoms with Crippen LogP contribution in [0.3, 0.4) is 0 Å². The fourth-order valence-electron chi connectivity index (χ4n) is 12.8. The van der Waals surface area contributed by atoms with Crippen molar-refractivity contribution in [1.29, 1.82) is 0 Å². The lowest BCUT2D eigenvalue weighted by molar-refractivity contribution is 0.591. The Morgan fingerprint density at radius 2 is 0.427 bits per heavy atom. The number of rotatable bonds is 12. The van der Waals surface area contributed by atoms with Crippen molar-refractivity contribution in [3.63, 3.8) is 0 Å². The predicted octanol–water partition coefficient (Wildman–Crippen LogP) is 12.8. The molecule has 0 fully saturated rings. The van der Waals surface area contributed by atoms with Gasteiger partial charge in [-0.3, -0.25) is 0 Å². The highest BCUT2D eigenvalue weighted by molar-refractivity contribution is 7.87. The zero-order chi connectivity index (χ0) is 55.2. The van der Waals surface area contributed by atoms with Gasteiger partial charge >= 0.3 is 0 Å². The molecule has 3 aromatic heterocycles. The summed E-state index contributed by atoms with van der Waals surface area (Å²) in [5.74, 6) is 0. The minimum absolute atomic E-state index is 0.646. The molecule has 0 N–H and O–H groups in total. The van der Waals surface area contributed by atoms with Crippen LogP contribution in [0.5, 0.6) is 0 Å². The van der Waals surface area contributed by atoms with Crippen LogP contribution in [-0.4, -0.2) is 8.80 Å². The molecule has 0 unspecified atom stereocenters. The van der Waals surface area contributed by atoms with Gasteiger partial charge in [-0.05, 0) is 60.7 Å². The maximum Gasteiger partial charge on any atom is 0.171 e. The van der Waals surface area contributed by atoms with Crippen molar-refractivity contribution in [3.8, 4) is 0 Å². The molecule has 82 heavy (non-hydrogen) atoms. The Kier molecular flexibility index (Phi) is 11.9. The van der Waals surface area contributed by atoms with Gasteiger partial charge in [-0.1, -0.05) is 243 Å². The van der Waals surface area contributed by atoms with Crippen molar-refractivity contribution in [3.05, 3.63) is 303 Å². The van der Waals surface area contributed by atoms with E-state index in [2.05, 4.69) is 45.2 Å². The first kappa shape index (κ1) is 50.1. The molecule has 15 rings (SSSR count). The molecule has 392 valence electrons. The largest absolute Gasteiger partial charge is 0.309 e. The number of hydrogen-bond donors (Lipinski definition) is 0. The molecule has 15 aromatic rings. The molecule has 0 aliphatic rings. The molecule has 0 amide bonds. The highest BCUT2D eigenvalue weighted by atomic mass is 31.2. The van der Waals surface area contributed by atoms with Gasteiger partial charge in [0.25, 0.3) is 0 Å². The average Bonchev–Trinajstić information content (AvgIpc) is 1.77. The molecule has 0 aliphatic carbocycles. The fraction of sp³-hybridized carbons (Fsp3) is 0. The van der Waals surface area contributed by atoms with E-state index in [1.54, 1.807) is 0 Å². The van der Waals surface area contributed by atoms with Crippen LogP contribution in [0.25, 0.3) is 54.6 Å². The lowest BCUT2D eigenvalue weighted by Gasteiger charge is -2.23. The monoisotopic (exact) mass is 1130 g/mol. The number of aromatic nitrogens is 2. The van der Waals surface area contributed by atoms with Gasteiger partial charge in [0.05, 0.1) is 33.1 Å². The van der Waals surface area contributed by atoms with Crippen LogP contribution in [0, 0.1) is 0 Å². The minimum atomic E-state index is -3.71. The van der Waals surface area contributed by atoms with Crippen LogP contribution in [0.4, 0.5) is 0 Å². The molecule has 3 heterocycles. The van der Waals surface area contributed by atoms with E-state index >= 15 is 18.3 Å². The highest BCUT2D eigenvalue weighted by Gasteiger charge is 2.39. The van der Waals surface area contributed by atoms with Gasteiger partial charge in [0.1, 0.15) is 0 Å². The standard InChI is InChI=1S/C72H50N2O4P4/c75-79(51-25-9-1-10-26-51,52-27-11-2-12-28-52)59-41-43-63-61(49-59)69-67(81(77,55-33-17-5-18-34-55)56-35-19-6-20-36-56)47-45-65-71(69)73(63)66-46-48-68(82(78,57-37-21-7-22-38-57)58-39-23-8-24-40-58)70-62-50-60(42-44-64(62)74(65)72(66)70)80(76,53-29-13-3-14-30-53)54-31-15-4-16-32-54/h1-50H. The Labute approximate surface area is 474 Å². The van der Waals surface area contributed by atoms with Crippen LogP contribution in [-0.2, 0) is 18.3 Å². The van der Waals surface area contributed by atoms with Crippen molar-refractivity contribution in [2.24, 2.45) is 0 Å². The van der Waals surface area contributed by atoms with Crippen LogP contribution >= 0.6 is 28.6 Å². The molecule has 0 saturated carbocycles. The summed E-state index contributed by atoms with van der Waals surface area (Å²) in [4.78, 5) is 0. The number of hydrogen-bond acceptors (Lipinski definition) is 4. The van der Waals surface area contributed by atoms with Gasteiger partial charge in [0.15, 0.2) is 28.6 Å². The summed E-state index contributed by atoms with van der Waals surface area (Å²) in [6, 6.07) is 98.5. The summed E-state index contributed by atoms with van der Waals surface area (Å²) < 4.78 is 71.6. The third-order valence-electron chi connectivity index (χ3n) is 16.5. The Morgan fingerprint density at radius 1 is 0.207 bits per heavy atom. The normalized spacial score (nSPS) is 12.6. The topological polar surface area (TPSA) is 77.1 Å². The molecule has 0 radical (unpaired) electrons. The molecule has 0 aliphatic heterocycles. The third kappa shape index (κ3) is 7.29. The third-order valence-corrected chi connectivity index (χ3v) is 28.9. The van der Waals surface area contributed by atoms with Gasteiger partial charge in [0.2, 0.25) is 0 Å². The second-order valence-electron chi connectivity index (χ2n) is 20.9. The first-order chi connectivity index (χ1) is 40.2. The maximum absolute atomic E-state index is 17.1. The zero-order valence-corrected chi connectivity index (χ0v) is 47.8. The quantitative estimate of drug-likeness (QED) is 0.0902. The fourth-order valence-corrected chi connectivity index (χ4v) is 23.9. The highest BCUT2D eigenvalue weighted by Crippen LogP contribution is 2.53. The molecule has 0 saturated heterocycles. The lowest BCUT2D eigenvalue weighted by Crippen LogP contribution is -2.26. The Hall–Kier alpha value is -8.84. The van der Waals surface area contributed by atoms with E-state index in [-0.39, 0.29) is 0 Å². The van der Waals surface area contributed by atoms with Crippen LogP contribution in [0.2, 0.25) is 0 Å². The van der Waals surface area contributed by atoms with E-state index in [9.17, 15) is 0 Å². The Balaban J connectivity index is 1.15. The van der Waals surface area contributed by atoms with E-state index in [0.717, 1.165) is 54.6 Å². The molecule has 10 heteroatoms. The lowest BCUT2D eigenvalue weighted by atomic mass is 10.1. The zero-order valence-electron chi connectivity index (χ0n) is 44.2. The Bertz CT molecular complexity index is 4640. The Morgan fingerprint density at radius 3 is 0.671 bits per heavy atom. The van der Waals surface area contributed by atoms with E-state index in [1.165, 1.54) is 0 Å². The minimum Gasteiger partial charge on any atom is -0.309 e. The van der Waals surface area contributed by atoms with E-state index in [1.807, 2.05) is 267 Å². The van der Waals surface area contributed by atoms with Gasteiger partial charge in [-0.2, -0.15) is 0 Å². The van der Waals surface area contributed by atoms with Gasteiger partial charge in [-0.25, -0.2) is 0 Å². The molecular formula is C72H50N2O4P4. The molecule has 0 atom stereocenters. The number of benzene rings is 12. The summed E-state index contributed by atoms with van der Waals surface area (Å²) in [6.45, 7) is 0. The van der Waals surface area contributed by atoms with Crippen molar-refractivity contribution in [2.45, 2.75) is 0 Å². The summed E-state index contributed by atoms with van der Waals surface area (Å²) in [5.41, 5.74) is 4.93. The van der Waals surface area contributed by atoms with Crippen LogP contribution in [0.15, 0.2) is 303 Å². The first-order valence-electron chi connectivity index (χ1n) is 27.3. The molecule has 6 nitrogen and oxygen atoms in total. The SMILES string of the molecule is O=P(c1ccccc1)(c1ccccc1)c1ccc2c(c1)c1c(P(=O)(c3ccccc3)c3ccccc3)ccc3c1n2c1ccc(P(=O)(c2ccccc2)c2ccccc2)c2c4cc(P(=O)(c5ccccc5)c5ccccc5)ccc4n3c21. The van der Waals surface area contributed by atoms with Crippen molar-refractivity contribution in [2.75, 3.05) is 0 Å². The van der Waals surface area contributed by atoms with Crippen LogP contribution < -0.4 is 63.7 Å². The second-order valence-corrected chi connectivity index (χ2v) is 31.9. The first-order valence-corrected chi connectivity index (χ1v) is 34.2. The van der Waals surface area contributed by atoms with Crippen molar-refractivity contribution < 1.29 is 18.3 Å². The molecule has 0 bridgehead atoms. The smallest absolute Gasteiger partial charge is 0.171 e. The predicted molar refractivity (Wildman–Crippen MR) is 347 cm³/mol. The van der Waals surface area contributed by atoms with Crippen molar-refractivity contribution in [1.82, 2.24) is 8.80 Å². The summed E-state index contributed by atoms with van der Waals surface area (Å²) >= 11 is 0. The average molecular weight is 1130 g/mol. The van der Waals surface area contributed by atoms with E-state index in [4.69, 9.17) is 0 Å². The second kappa shape index (κ2) is 19.4. The maximum atomic E-state index is 17.1. The summed E-state index contributed by atoms with van der Waals surface area (Å²) in [5, 5.41) is 11.3. The van der Waals surface area contributed by atoms with Crippen LogP contribution in [0.1, 0.15) is 0 Å². The molecule has 12 aromatic carbocycles. The van der Waals surface area contributed by atoms with Gasteiger partial charge in [-0.15, -0.1) is 0 Å². The van der Waals surface area contributed by atoms with Gasteiger partial charge < -0.3 is 27.1 Å². The van der Waals surface area contributed by atoms with Crippen molar-refractivity contribution >= 4 is 147 Å². The molecular weight excluding hydrogens is 1080 g/mol. The number of nitrogens with zero attached hydrogens (tertiary/aromatic N) is 2. The van der Waals surface area contributed by atoms with Gasteiger partial charge in [0, 0.05) is 85.2 Å². The van der Waals surface area contributed by atoms with E-state index in [0.29, 0.717) is 63.7 Å². The van der Waals surface area contributed by atoms with E-state index < -0.39 is 28.6 Å². The summed E-state index contributed by atoms with van der Waals surface area (Å²) in [6.07, 6.45) is 0. The molecule has 0 spiro atoms.